The molecule has 0 saturated heterocycles. The van der Waals surface area contributed by atoms with Gasteiger partial charge in [-0.15, -0.1) is 0 Å². The largest absolute Gasteiger partial charge is 0.491 e. The Balaban J connectivity index is 1.48. The van der Waals surface area contributed by atoms with E-state index in [4.69, 9.17) is 14.2 Å². The first-order valence-corrected chi connectivity index (χ1v) is 10.7. The summed E-state index contributed by atoms with van der Waals surface area (Å²) in [5.41, 5.74) is 1.93. The molecule has 168 valence electrons. The van der Waals surface area contributed by atoms with Gasteiger partial charge in [-0.3, -0.25) is 4.99 Å². The monoisotopic (exact) mass is 429 g/mol. The molecule has 2 aromatic rings. The van der Waals surface area contributed by atoms with Crippen molar-refractivity contribution in [3.63, 3.8) is 0 Å². The van der Waals surface area contributed by atoms with Crippen molar-refractivity contribution in [3.05, 3.63) is 59.4 Å². The molecule has 1 aliphatic carbocycles. The number of hydrogen-bond donors (Lipinski definition) is 2. The first-order valence-electron chi connectivity index (χ1n) is 10.7. The Kier molecular flexibility index (Phi) is 8.53. The van der Waals surface area contributed by atoms with Gasteiger partial charge >= 0.3 is 0 Å². The van der Waals surface area contributed by atoms with Gasteiger partial charge in [-0.05, 0) is 61.1 Å². The number of hydrogen-bond acceptors (Lipinski definition) is 4. The number of rotatable bonds is 11. The molecule has 1 unspecified atom stereocenters. The maximum absolute atomic E-state index is 14.4. The van der Waals surface area contributed by atoms with Crippen LogP contribution in [0, 0.1) is 11.7 Å². The van der Waals surface area contributed by atoms with Crippen LogP contribution in [0.2, 0.25) is 0 Å². The third-order valence-electron chi connectivity index (χ3n) is 5.14. The highest BCUT2D eigenvalue weighted by atomic mass is 19.1. The predicted octanol–water partition coefficient (Wildman–Crippen LogP) is 4.07. The van der Waals surface area contributed by atoms with E-state index in [1.807, 2.05) is 37.3 Å². The second-order valence-electron chi connectivity index (χ2n) is 7.72. The summed E-state index contributed by atoms with van der Waals surface area (Å²) >= 11 is 0. The topological polar surface area (TPSA) is 64.1 Å². The molecule has 3 rings (SSSR count). The SMILES string of the molecule is CN=C(NCc1ccc(OCCOC)cc1)NC(C)c1ccc(OCC2CC2)c(F)c1. The second kappa shape index (κ2) is 11.6. The van der Waals surface area contributed by atoms with E-state index in [0.717, 1.165) is 16.9 Å². The van der Waals surface area contributed by atoms with Crippen LogP contribution in [0.1, 0.15) is 36.9 Å². The highest BCUT2D eigenvalue weighted by Crippen LogP contribution is 2.30. The van der Waals surface area contributed by atoms with E-state index < -0.39 is 0 Å². The lowest BCUT2D eigenvalue weighted by Crippen LogP contribution is -2.38. The van der Waals surface area contributed by atoms with Crippen molar-refractivity contribution in [1.29, 1.82) is 0 Å². The summed E-state index contributed by atoms with van der Waals surface area (Å²) in [5.74, 6) is 2.03. The smallest absolute Gasteiger partial charge is 0.191 e. The van der Waals surface area contributed by atoms with Gasteiger partial charge in [0.15, 0.2) is 17.5 Å². The Morgan fingerprint density at radius 2 is 1.90 bits per heavy atom. The number of ether oxygens (including phenoxy) is 3. The van der Waals surface area contributed by atoms with Crippen molar-refractivity contribution in [1.82, 2.24) is 10.6 Å². The maximum atomic E-state index is 14.4. The molecule has 0 bridgehead atoms. The first-order chi connectivity index (χ1) is 15.1. The quantitative estimate of drug-likeness (QED) is 0.320. The molecule has 0 aromatic heterocycles. The third-order valence-corrected chi connectivity index (χ3v) is 5.14. The summed E-state index contributed by atoms with van der Waals surface area (Å²) in [5, 5.41) is 6.58. The first kappa shape index (κ1) is 22.9. The highest BCUT2D eigenvalue weighted by Gasteiger charge is 2.22. The van der Waals surface area contributed by atoms with Crippen LogP contribution < -0.4 is 20.1 Å². The minimum Gasteiger partial charge on any atom is -0.491 e. The Morgan fingerprint density at radius 3 is 2.55 bits per heavy atom. The van der Waals surface area contributed by atoms with Crippen LogP contribution >= 0.6 is 0 Å². The summed E-state index contributed by atoms with van der Waals surface area (Å²) < 4.78 is 30.5. The van der Waals surface area contributed by atoms with Gasteiger partial charge in [0.25, 0.3) is 0 Å². The number of methoxy groups -OCH3 is 1. The number of nitrogens with one attached hydrogen (secondary N) is 2. The average molecular weight is 430 g/mol. The van der Waals surface area contributed by atoms with Crippen LogP contribution in [0.25, 0.3) is 0 Å². The number of benzene rings is 2. The van der Waals surface area contributed by atoms with Crippen LogP contribution in [0.4, 0.5) is 4.39 Å². The molecular weight excluding hydrogens is 397 g/mol. The van der Waals surface area contributed by atoms with Gasteiger partial charge in [0.1, 0.15) is 12.4 Å². The van der Waals surface area contributed by atoms with Crippen molar-refractivity contribution in [2.24, 2.45) is 10.9 Å². The fraction of sp³-hybridized carbons (Fsp3) is 0.458. The molecule has 0 amide bonds. The van der Waals surface area contributed by atoms with Gasteiger partial charge in [-0.1, -0.05) is 18.2 Å². The Hall–Kier alpha value is -2.80. The zero-order valence-electron chi connectivity index (χ0n) is 18.5. The summed E-state index contributed by atoms with van der Waals surface area (Å²) in [6.07, 6.45) is 2.36. The van der Waals surface area contributed by atoms with Gasteiger partial charge in [0.05, 0.1) is 19.3 Å². The standard InChI is InChI=1S/C24H32FN3O3/c1-17(20-8-11-23(22(25)14-20)31-16-19-4-5-19)28-24(26-2)27-15-18-6-9-21(10-7-18)30-13-12-29-3/h6-11,14,17,19H,4-5,12-13,15-16H2,1-3H3,(H2,26,27,28). The minimum absolute atomic E-state index is 0.116. The van der Waals surface area contributed by atoms with Crippen molar-refractivity contribution in [2.45, 2.75) is 32.4 Å². The Morgan fingerprint density at radius 1 is 1.13 bits per heavy atom. The van der Waals surface area contributed by atoms with Crippen molar-refractivity contribution in [2.75, 3.05) is 34.0 Å². The summed E-state index contributed by atoms with van der Waals surface area (Å²) in [7, 11) is 3.36. The van der Waals surface area contributed by atoms with E-state index in [9.17, 15) is 4.39 Å². The van der Waals surface area contributed by atoms with E-state index in [0.29, 0.717) is 44.0 Å². The number of nitrogens with zero attached hydrogens (tertiary/aromatic N) is 1. The normalized spacial score (nSPS) is 14.8. The van der Waals surface area contributed by atoms with E-state index in [1.54, 1.807) is 20.2 Å². The lowest BCUT2D eigenvalue weighted by atomic mass is 10.1. The van der Waals surface area contributed by atoms with E-state index in [-0.39, 0.29) is 11.9 Å². The summed E-state index contributed by atoms with van der Waals surface area (Å²) in [6, 6.07) is 12.9. The molecule has 2 N–H and O–H groups in total. The fourth-order valence-electron chi connectivity index (χ4n) is 3.01. The number of halogens is 1. The van der Waals surface area contributed by atoms with Crippen LogP contribution in [-0.4, -0.2) is 39.9 Å². The minimum atomic E-state index is -0.331. The molecule has 2 aromatic carbocycles. The van der Waals surface area contributed by atoms with Gasteiger partial charge in [-0.2, -0.15) is 0 Å². The average Bonchev–Trinajstić information content (AvgIpc) is 3.61. The molecule has 0 spiro atoms. The third kappa shape index (κ3) is 7.43. The molecule has 1 atom stereocenters. The van der Waals surface area contributed by atoms with Gasteiger partial charge in [0, 0.05) is 20.7 Å². The van der Waals surface area contributed by atoms with E-state index in [1.165, 1.54) is 18.9 Å². The molecule has 1 aliphatic rings. The van der Waals surface area contributed by atoms with Crippen molar-refractivity contribution >= 4 is 5.96 Å². The second-order valence-corrected chi connectivity index (χ2v) is 7.72. The maximum Gasteiger partial charge on any atom is 0.191 e. The number of guanidine groups is 1. The predicted molar refractivity (Wildman–Crippen MR) is 120 cm³/mol. The fourth-order valence-corrected chi connectivity index (χ4v) is 3.01. The van der Waals surface area contributed by atoms with Crippen LogP contribution in [-0.2, 0) is 11.3 Å². The molecule has 1 fully saturated rings. The molecule has 31 heavy (non-hydrogen) atoms. The summed E-state index contributed by atoms with van der Waals surface area (Å²) in [6.45, 7) is 4.26. The molecule has 0 radical (unpaired) electrons. The molecule has 7 heteroatoms. The van der Waals surface area contributed by atoms with Crippen LogP contribution in [0.5, 0.6) is 11.5 Å². The lowest BCUT2D eigenvalue weighted by Gasteiger charge is -2.19. The molecule has 0 aliphatic heterocycles. The molecular formula is C24H32FN3O3. The highest BCUT2D eigenvalue weighted by molar-refractivity contribution is 5.80. The Labute approximate surface area is 183 Å². The number of aliphatic imine (C=N–C) groups is 1. The molecule has 0 heterocycles. The van der Waals surface area contributed by atoms with Gasteiger partial charge < -0.3 is 24.8 Å². The van der Waals surface area contributed by atoms with E-state index in [2.05, 4.69) is 15.6 Å². The van der Waals surface area contributed by atoms with Crippen molar-refractivity contribution in [3.8, 4) is 11.5 Å². The van der Waals surface area contributed by atoms with Crippen LogP contribution in [0.3, 0.4) is 0 Å². The zero-order valence-corrected chi connectivity index (χ0v) is 18.5. The molecule has 6 nitrogen and oxygen atoms in total. The Bertz CT molecular complexity index is 854. The molecule has 1 saturated carbocycles. The lowest BCUT2D eigenvalue weighted by molar-refractivity contribution is 0.146. The van der Waals surface area contributed by atoms with Crippen LogP contribution in [0.15, 0.2) is 47.5 Å². The van der Waals surface area contributed by atoms with Crippen molar-refractivity contribution < 1.29 is 18.6 Å². The summed E-state index contributed by atoms with van der Waals surface area (Å²) in [4.78, 5) is 4.27. The zero-order chi connectivity index (χ0) is 22.1. The van der Waals surface area contributed by atoms with Gasteiger partial charge in [0.2, 0.25) is 0 Å². The van der Waals surface area contributed by atoms with Gasteiger partial charge in [-0.25, -0.2) is 4.39 Å². The van der Waals surface area contributed by atoms with E-state index >= 15 is 0 Å².